The molecule has 9 heteroatoms. The molecule has 0 N–H and O–H groups in total. The molecular weight excluding hydrogens is 426 g/mol. The van der Waals surface area contributed by atoms with Crippen LogP contribution in [0.1, 0.15) is 40.5 Å². The Morgan fingerprint density at radius 1 is 1.06 bits per heavy atom. The van der Waals surface area contributed by atoms with E-state index in [2.05, 4.69) is 0 Å². The third-order valence-electron chi connectivity index (χ3n) is 5.66. The van der Waals surface area contributed by atoms with Crippen molar-refractivity contribution in [1.29, 1.82) is 10.5 Å². The molecule has 1 atom stereocenters. The van der Waals surface area contributed by atoms with Gasteiger partial charge in [-0.1, -0.05) is 18.2 Å². The van der Waals surface area contributed by atoms with Gasteiger partial charge in [-0.3, -0.25) is 9.59 Å². The molecule has 0 aromatic heterocycles. The van der Waals surface area contributed by atoms with Crippen molar-refractivity contribution in [3.8, 4) is 12.1 Å². The van der Waals surface area contributed by atoms with Gasteiger partial charge in [0.25, 0.3) is 0 Å². The summed E-state index contributed by atoms with van der Waals surface area (Å²) in [5.74, 6) is -3.50. The number of carbonyl (C=O) groups excluding carboxylic acids is 4. The van der Waals surface area contributed by atoms with Crippen molar-refractivity contribution in [3.63, 3.8) is 0 Å². The van der Waals surface area contributed by atoms with Crippen molar-refractivity contribution in [2.24, 2.45) is 10.8 Å². The molecule has 1 aliphatic heterocycles. The summed E-state index contributed by atoms with van der Waals surface area (Å²) >= 11 is 0. The highest BCUT2D eigenvalue weighted by Crippen LogP contribution is 2.61. The summed E-state index contributed by atoms with van der Waals surface area (Å²) in [4.78, 5) is 53.6. The smallest absolute Gasteiger partial charge is 0.337 e. The lowest BCUT2D eigenvalue weighted by Crippen LogP contribution is -2.46. The number of nitrogens with zero attached hydrogens (tertiary/aromatic N) is 3. The fraction of sp³-hybridized carbons (Fsp3) is 0.417. The van der Waals surface area contributed by atoms with E-state index in [1.165, 1.54) is 0 Å². The van der Waals surface area contributed by atoms with E-state index in [1.807, 2.05) is 0 Å². The number of ether oxygens (including phenoxy) is 2. The normalized spacial score (nSPS) is 21.7. The summed E-state index contributed by atoms with van der Waals surface area (Å²) in [6, 6.07) is 11.6. The molecule has 0 bridgehead atoms. The van der Waals surface area contributed by atoms with Crippen LogP contribution in [0.3, 0.4) is 0 Å². The average molecular weight is 449 g/mol. The fourth-order valence-corrected chi connectivity index (χ4v) is 4.35. The van der Waals surface area contributed by atoms with E-state index in [0.29, 0.717) is 0 Å². The van der Waals surface area contributed by atoms with E-state index in [4.69, 9.17) is 9.47 Å². The van der Waals surface area contributed by atoms with Gasteiger partial charge in [-0.15, -0.1) is 0 Å². The second-order valence-electron chi connectivity index (χ2n) is 8.86. The number of rotatable bonds is 4. The van der Waals surface area contributed by atoms with Crippen molar-refractivity contribution in [2.75, 3.05) is 11.5 Å². The molecule has 1 heterocycles. The number of hydrogen-bond acceptors (Lipinski definition) is 8. The number of amides is 2. The Labute approximate surface area is 191 Å². The van der Waals surface area contributed by atoms with Crippen molar-refractivity contribution in [3.05, 3.63) is 41.5 Å². The molecule has 1 saturated heterocycles. The van der Waals surface area contributed by atoms with Gasteiger partial charge in [0.05, 0.1) is 41.0 Å². The SMILES string of the molecule is CCOC(=O)C1=C(C(=O)OC(C)(C)C)C(C#N)(C#N)C2(CC(=O)N(c3ccccc3)C2=O)C1. The van der Waals surface area contributed by atoms with E-state index in [9.17, 15) is 29.7 Å². The minimum atomic E-state index is -2.42. The monoisotopic (exact) mass is 449 g/mol. The lowest BCUT2D eigenvalue weighted by atomic mass is 9.63. The zero-order valence-electron chi connectivity index (χ0n) is 18.8. The van der Waals surface area contributed by atoms with E-state index >= 15 is 0 Å². The molecule has 0 saturated carbocycles. The Kier molecular flexibility index (Phi) is 5.87. The summed E-state index contributed by atoms with van der Waals surface area (Å²) in [6.07, 6.45) is -1.01. The molecular formula is C24H23N3O6. The summed E-state index contributed by atoms with van der Waals surface area (Å²) in [6.45, 7) is 6.28. The van der Waals surface area contributed by atoms with Crippen LogP contribution in [0.15, 0.2) is 41.5 Å². The summed E-state index contributed by atoms with van der Waals surface area (Å²) in [5, 5.41) is 20.4. The van der Waals surface area contributed by atoms with Crippen molar-refractivity contribution in [2.45, 2.75) is 46.1 Å². The minimum Gasteiger partial charge on any atom is -0.463 e. The Bertz CT molecular complexity index is 1140. The topological polar surface area (TPSA) is 138 Å². The Morgan fingerprint density at radius 2 is 1.67 bits per heavy atom. The minimum absolute atomic E-state index is 0.0357. The van der Waals surface area contributed by atoms with E-state index < -0.39 is 58.6 Å². The first-order valence-electron chi connectivity index (χ1n) is 10.4. The van der Waals surface area contributed by atoms with Gasteiger partial charge < -0.3 is 9.47 Å². The van der Waals surface area contributed by atoms with Crippen LogP contribution in [0.2, 0.25) is 0 Å². The number of benzene rings is 1. The van der Waals surface area contributed by atoms with Gasteiger partial charge in [0.1, 0.15) is 5.60 Å². The van der Waals surface area contributed by atoms with Crippen LogP contribution < -0.4 is 4.90 Å². The second kappa shape index (κ2) is 8.18. The van der Waals surface area contributed by atoms with Gasteiger partial charge in [0.15, 0.2) is 5.41 Å². The van der Waals surface area contributed by atoms with E-state index in [1.54, 1.807) is 70.2 Å². The summed E-state index contributed by atoms with van der Waals surface area (Å²) < 4.78 is 10.5. The third-order valence-corrected chi connectivity index (χ3v) is 5.66. The number of para-hydroxylation sites is 1. The highest BCUT2D eigenvalue weighted by Gasteiger charge is 2.72. The van der Waals surface area contributed by atoms with Crippen LogP contribution in [-0.4, -0.2) is 36.0 Å². The highest BCUT2D eigenvalue weighted by atomic mass is 16.6. The second-order valence-corrected chi connectivity index (χ2v) is 8.86. The first kappa shape index (κ1) is 23.7. The number of carbonyl (C=O) groups is 4. The maximum absolute atomic E-state index is 13.7. The van der Waals surface area contributed by atoms with E-state index in [0.717, 1.165) is 4.90 Å². The number of hydrogen-bond donors (Lipinski definition) is 0. The molecule has 3 rings (SSSR count). The van der Waals surface area contributed by atoms with Crippen molar-refractivity contribution < 1.29 is 28.7 Å². The molecule has 2 amide bonds. The molecule has 2 aliphatic rings. The number of imide groups is 1. The quantitative estimate of drug-likeness (QED) is 0.505. The fourth-order valence-electron chi connectivity index (χ4n) is 4.35. The predicted octanol–water partition coefficient (Wildman–Crippen LogP) is 2.57. The first-order chi connectivity index (χ1) is 15.5. The molecule has 1 aliphatic carbocycles. The van der Waals surface area contributed by atoms with Crippen molar-refractivity contribution >= 4 is 29.4 Å². The van der Waals surface area contributed by atoms with Gasteiger partial charge in [-0.2, -0.15) is 10.5 Å². The molecule has 1 fully saturated rings. The molecule has 0 radical (unpaired) electrons. The average Bonchev–Trinajstić information content (AvgIpc) is 3.18. The maximum Gasteiger partial charge on any atom is 0.337 e. The Morgan fingerprint density at radius 3 is 2.18 bits per heavy atom. The zero-order valence-corrected chi connectivity index (χ0v) is 18.8. The molecule has 1 unspecified atom stereocenters. The number of nitriles is 2. The van der Waals surface area contributed by atoms with Crippen LogP contribution in [0.25, 0.3) is 0 Å². The van der Waals surface area contributed by atoms with Crippen LogP contribution in [0.4, 0.5) is 5.69 Å². The van der Waals surface area contributed by atoms with Crippen LogP contribution in [-0.2, 0) is 28.7 Å². The maximum atomic E-state index is 13.7. The third kappa shape index (κ3) is 3.56. The van der Waals surface area contributed by atoms with Gasteiger partial charge in [-0.25, -0.2) is 14.5 Å². The molecule has 1 aromatic carbocycles. The molecule has 33 heavy (non-hydrogen) atoms. The zero-order chi connectivity index (χ0) is 24.6. The van der Waals surface area contributed by atoms with Gasteiger partial charge in [0, 0.05) is 6.42 Å². The summed E-state index contributed by atoms with van der Waals surface area (Å²) in [7, 11) is 0. The molecule has 1 spiro atoms. The largest absolute Gasteiger partial charge is 0.463 e. The summed E-state index contributed by atoms with van der Waals surface area (Å²) in [5.41, 5.74) is -5.99. The van der Waals surface area contributed by atoms with Gasteiger partial charge in [0.2, 0.25) is 11.8 Å². The van der Waals surface area contributed by atoms with Gasteiger partial charge >= 0.3 is 11.9 Å². The molecule has 1 aromatic rings. The predicted molar refractivity (Wildman–Crippen MR) is 114 cm³/mol. The molecule has 170 valence electrons. The standard InChI is InChI=1S/C24H23N3O6/c1-5-32-19(29)16-11-23(12-17(28)27(21(23)31)15-9-7-6-8-10-15)24(13-25,14-26)18(16)20(30)33-22(2,3)4/h6-10H,5,11-12H2,1-4H3. The van der Waals surface area contributed by atoms with E-state index in [-0.39, 0.29) is 17.9 Å². The van der Waals surface area contributed by atoms with Crippen LogP contribution in [0.5, 0.6) is 0 Å². The van der Waals surface area contributed by atoms with Crippen LogP contribution >= 0.6 is 0 Å². The lowest BCUT2D eigenvalue weighted by Gasteiger charge is -2.32. The first-order valence-corrected chi connectivity index (χ1v) is 10.4. The number of anilines is 1. The number of esters is 2. The Hall–Kier alpha value is -3.98. The van der Waals surface area contributed by atoms with Gasteiger partial charge in [-0.05, 0) is 46.2 Å². The van der Waals surface area contributed by atoms with Crippen molar-refractivity contribution in [1.82, 2.24) is 0 Å². The van der Waals surface area contributed by atoms with Crippen LogP contribution in [0, 0.1) is 33.5 Å². The molecule has 9 nitrogen and oxygen atoms in total. The Balaban J connectivity index is 2.24. The highest BCUT2D eigenvalue weighted by molar-refractivity contribution is 6.25. The lowest BCUT2D eigenvalue weighted by molar-refractivity contribution is -0.151.